The number of hydrogen-bond acceptors (Lipinski definition) is 1. The molecule has 1 nitrogen and oxygen atoms in total. The van der Waals surface area contributed by atoms with Crippen LogP contribution in [0.5, 0.6) is 0 Å². The zero-order valence-electron chi connectivity index (χ0n) is 14.1. The third-order valence-electron chi connectivity index (χ3n) is 4.77. The van der Waals surface area contributed by atoms with Crippen molar-refractivity contribution in [2.45, 2.75) is 23.4 Å². The largest absolute Gasteiger partial charge is 0.373 e. The maximum atomic E-state index is 14.5. The first-order valence-electron chi connectivity index (χ1n) is 7.56. The molecule has 0 fully saturated rings. The van der Waals surface area contributed by atoms with Gasteiger partial charge in [0, 0.05) is 5.56 Å². The molecule has 0 aliphatic heterocycles. The predicted molar refractivity (Wildman–Crippen MR) is 69.1 cm³/mol. The van der Waals surface area contributed by atoms with Gasteiger partial charge >= 0.3 is 17.8 Å². The highest BCUT2D eigenvalue weighted by molar-refractivity contribution is 5.54. The summed E-state index contributed by atoms with van der Waals surface area (Å²) in [7, 11) is 0. The Kier molecular flexibility index (Phi) is 4.84. The topological polar surface area (TPSA) is 20.2 Å². The van der Waals surface area contributed by atoms with Gasteiger partial charge in [0.2, 0.25) is 11.4 Å². The molecule has 0 saturated heterocycles. The van der Waals surface area contributed by atoms with E-state index in [1.54, 1.807) is 0 Å². The number of aliphatic hydroxyl groups is 1. The molecular formula is C16HF15O. The molecule has 0 bridgehead atoms. The highest BCUT2D eigenvalue weighted by Crippen LogP contribution is 2.69. The summed E-state index contributed by atoms with van der Waals surface area (Å²) in [5.41, 5.74) is -15.6. The number of benzene rings is 2. The number of halogens is 15. The van der Waals surface area contributed by atoms with Gasteiger partial charge in [0.05, 0.1) is 5.56 Å². The third kappa shape index (κ3) is 2.33. The Hall–Kier alpha value is -2.65. The molecule has 1 atom stereocenters. The fraction of sp³-hybridized carbons (Fsp3) is 0.250. The Bertz CT molecular complexity index is 1140. The van der Waals surface area contributed by atoms with Crippen molar-refractivity contribution in [3.63, 3.8) is 0 Å². The Labute approximate surface area is 164 Å². The Morgan fingerprint density at radius 2 is 0.812 bits per heavy atom. The standard InChI is InChI=1S/C16HF15O/c17-4-1-2(5(18)9(22)8(4)21)14(26,27)13(1,32)16(30,31)15(28,29)3-6(19)10(23)12(25)11(24)7(3)20/h32H. The molecule has 1 aliphatic carbocycles. The van der Waals surface area contributed by atoms with E-state index in [1.807, 2.05) is 0 Å². The lowest BCUT2D eigenvalue weighted by molar-refractivity contribution is -0.381. The van der Waals surface area contributed by atoms with Crippen molar-refractivity contribution in [1.82, 2.24) is 0 Å². The molecule has 32 heavy (non-hydrogen) atoms. The molecule has 3 rings (SSSR count). The lowest BCUT2D eigenvalue weighted by atomic mass is 9.63. The van der Waals surface area contributed by atoms with Crippen molar-refractivity contribution in [1.29, 1.82) is 0 Å². The highest BCUT2D eigenvalue weighted by atomic mass is 19.3. The normalized spacial score (nSPS) is 20.2. The van der Waals surface area contributed by atoms with E-state index in [-0.39, 0.29) is 0 Å². The molecule has 0 amide bonds. The smallest absolute Gasteiger partial charge is 0.353 e. The number of fused-ring (bicyclic) bond motifs is 1. The van der Waals surface area contributed by atoms with E-state index >= 15 is 0 Å². The van der Waals surface area contributed by atoms with Crippen LogP contribution < -0.4 is 0 Å². The van der Waals surface area contributed by atoms with Crippen LogP contribution in [0.15, 0.2) is 0 Å². The van der Waals surface area contributed by atoms with Gasteiger partial charge < -0.3 is 5.11 Å². The minimum atomic E-state index is -7.12. The molecule has 2 aromatic carbocycles. The van der Waals surface area contributed by atoms with Crippen LogP contribution >= 0.6 is 0 Å². The Morgan fingerprint density at radius 1 is 0.500 bits per heavy atom. The summed E-state index contributed by atoms with van der Waals surface area (Å²) in [4.78, 5) is 0. The summed E-state index contributed by atoms with van der Waals surface area (Å²) in [5, 5.41) is 9.63. The van der Waals surface area contributed by atoms with Crippen LogP contribution in [0.3, 0.4) is 0 Å². The van der Waals surface area contributed by atoms with Gasteiger partial charge in [-0.1, -0.05) is 0 Å². The molecular weight excluding hydrogens is 493 g/mol. The van der Waals surface area contributed by atoms with Crippen LogP contribution in [0, 0.1) is 52.4 Å². The van der Waals surface area contributed by atoms with Crippen molar-refractivity contribution < 1.29 is 71.0 Å². The molecule has 176 valence electrons. The molecule has 1 N–H and O–H groups in total. The molecule has 2 aromatic rings. The van der Waals surface area contributed by atoms with Gasteiger partial charge in [-0.2, -0.15) is 26.3 Å². The molecule has 1 aliphatic rings. The Balaban J connectivity index is 2.39. The number of alkyl halides is 6. The molecule has 0 spiro atoms. The predicted octanol–water partition coefficient (Wildman–Crippen LogP) is 5.66. The van der Waals surface area contributed by atoms with Crippen LogP contribution in [0.25, 0.3) is 0 Å². The SMILES string of the molecule is OC1(C(F)(F)C(F)(F)c2c(F)c(F)c(F)c(F)c2F)c2c(F)c(F)c(F)c(F)c2C1(F)F. The van der Waals surface area contributed by atoms with Gasteiger partial charge in [-0.05, 0) is 0 Å². The summed E-state index contributed by atoms with van der Waals surface area (Å²) >= 11 is 0. The van der Waals surface area contributed by atoms with E-state index in [0.29, 0.717) is 0 Å². The highest BCUT2D eigenvalue weighted by Gasteiger charge is 2.86. The van der Waals surface area contributed by atoms with E-state index in [9.17, 15) is 71.0 Å². The molecule has 0 radical (unpaired) electrons. The lowest BCUT2D eigenvalue weighted by Gasteiger charge is -2.51. The summed E-state index contributed by atoms with van der Waals surface area (Å²) in [6.07, 6.45) is 0. The number of rotatable bonds is 3. The fourth-order valence-corrected chi connectivity index (χ4v) is 3.16. The van der Waals surface area contributed by atoms with Gasteiger partial charge in [-0.3, -0.25) is 0 Å². The van der Waals surface area contributed by atoms with Gasteiger partial charge in [-0.25, -0.2) is 39.5 Å². The van der Waals surface area contributed by atoms with E-state index in [4.69, 9.17) is 0 Å². The Morgan fingerprint density at radius 3 is 1.22 bits per heavy atom. The maximum absolute atomic E-state index is 14.5. The second-order valence-corrected chi connectivity index (χ2v) is 6.38. The molecule has 0 heterocycles. The second kappa shape index (κ2) is 6.45. The molecule has 16 heteroatoms. The first-order valence-corrected chi connectivity index (χ1v) is 7.56. The van der Waals surface area contributed by atoms with Gasteiger partial charge in [-0.15, -0.1) is 0 Å². The zero-order valence-corrected chi connectivity index (χ0v) is 14.1. The lowest BCUT2D eigenvalue weighted by Crippen LogP contribution is -2.69. The zero-order chi connectivity index (χ0) is 24.9. The van der Waals surface area contributed by atoms with Crippen LogP contribution in [0.4, 0.5) is 65.9 Å². The molecule has 0 aromatic heterocycles. The van der Waals surface area contributed by atoms with Gasteiger partial charge in [0.1, 0.15) is 5.56 Å². The van der Waals surface area contributed by atoms with Crippen molar-refractivity contribution in [2.24, 2.45) is 0 Å². The van der Waals surface area contributed by atoms with Gasteiger partial charge in [0.15, 0.2) is 46.5 Å². The number of hydrogen-bond donors (Lipinski definition) is 1. The van der Waals surface area contributed by atoms with Crippen molar-refractivity contribution in [3.8, 4) is 0 Å². The minimum Gasteiger partial charge on any atom is -0.373 e. The van der Waals surface area contributed by atoms with Crippen LogP contribution in [0.1, 0.15) is 16.7 Å². The quantitative estimate of drug-likeness (QED) is 0.332. The van der Waals surface area contributed by atoms with E-state index in [1.165, 1.54) is 0 Å². The van der Waals surface area contributed by atoms with Crippen LogP contribution in [0.2, 0.25) is 0 Å². The van der Waals surface area contributed by atoms with Crippen molar-refractivity contribution >= 4 is 0 Å². The summed E-state index contributed by atoms with van der Waals surface area (Å²) in [6.45, 7) is 0. The average molecular weight is 494 g/mol. The van der Waals surface area contributed by atoms with Crippen LogP contribution in [-0.2, 0) is 17.4 Å². The fourth-order valence-electron chi connectivity index (χ4n) is 3.16. The van der Waals surface area contributed by atoms with Crippen molar-refractivity contribution in [2.75, 3.05) is 0 Å². The second-order valence-electron chi connectivity index (χ2n) is 6.38. The first-order chi connectivity index (χ1) is 14.3. The third-order valence-corrected chi connectivity index (χ3v) is 4.77. The summed E-state index contributed by atoms with van der Waals surface area (Å²) < 4.78 is 206. The monoisotopic (exact) mass is 494 g/mol. The van der Waals surface area contributed by atoms with E-state index in [0.717, 1.165) is 0 Å². The summed E-state index contributed by atoms with van der Waals surface area (Å²) in [6, 6.07) is 0. The molecule has 1 unspecified atom stereocenters. The average Bonchev–Trinajstić information content (AvgIpc) is 2.70. The van der Waals surface area contributed by atoms with E-state index in [2.05, 4.69) is 0 Å². The van der Waals surface area contributed by atoms with E-state index < -0.39 is 92.4 Å². The van der Waals surface area contributed by atoms with Gasteiger partial charge in [0.25, 0.3) is 0 Å². The van der Waals surface area contributed by atoms with Crippen molar-refractivity contribution in [3.05, 3.63) is 69.0 Å². The summed E-state index contributed by atoms with van der Waals surface area (Å²) in [5.74, 6) is -49.5. The maximum Gasteiger partial charge on any atom is 0.353 e. The minimum absolute atomic E-state index is 2.84. The molecule has 0 saturated carbocycles. The first kappa shape index (κ1) is 24.0. The van der Waals surface area contributed by atoms with Crippen LogP contribution in [-0.4, -0.2) is 11.0 Å².